The standard InChI is InChI=1S/C36H22N4O2/c1-2-6-23(7-3-1)24-10-11-29-30(16-24)36(32-18-26(13-15-38-32)34-20-42-22-40-34)28-9-5-4-8-27(28)35(29)31-17-25(12-14-37-31)33-19-41-21-39-33/h1-22H. The van der Waals surface area contributed by atoms with Crippen LogP contribution >= 0.6 is 0 Å². The van der Waals surface area contributed by atoms with Gasteiger partial charge in [-0.1, -0.05) is 66.7 Å². The summed E-state index contributed by atoms with van der Waals surface area (Å²) in [7, 11) is 0. The van der Waals surface area contributed by atoms with Gasteiger partial charge in [-0.15, -0.1) is 0 Å². The van der Waals surface area contributed by atoms with Crippen molar-refractivity contribution in [3.8, 4) is 56.2 Å². The van der Waals surface area contributed by atoms with Crippen molar-refractivity contribution in [2.24, 2.45) is 0 Å². The van der Waals surface area contributed by atoms with Gasteiger partial charge < -0.3 is 8.83 Å². The molecule has 0 saturated carbocycles. The monoisotopic (exact) mass is 542 g/mol. The number of hydrogen-bond donors (Lipinski definition) is 0. The number of aromatic nitrogens is 4. The summed E-state index contributed by atoms with van der Waals surface area (Å²) < 4.78 is 10.5. The van der Waals surface area contributed by atoms with Gasteiger partial charge >= 0.3 is 0 Å². The number of pyridine rings is 2. The summed E-state index contributed by atoms with van der Waals surface area (Å²) in [5.41, 5.74) is 9.53. The molecule has 0 aliphatic carbocycles. The summed E-state index contributed by atoms with van der Waals surface area (Å²) in [4.78, 5) is 18.5. The molecule has 0 aliphatic heterocycles. The Morgan fingerprint density at radius 3 is 1.50 bits per heavy atom. The van der Waals surface area contributed by atoms with Gasteiger partial charge in [-0.05, 0) is 63.0 Å². The molecule has 0 N–H and O–H groups in total. The van der Waals surface area contributed by atoms with Crippen LogP contribution in [0, 0.1) is 0 Å². The zero-order valence-corrected chi connectivity index (χ0v) is 22.3. The number of rotatable bonds is 5. The SMILES string of the molecule is c1ccc(-c2ccc3c(-c4cc(-c5cocn5)ccn4)c4ccccc4c(-c4cc(-c5cocn5)ccn4)c3c2)cc1. The zero-order valence-electron chi connectivity index (χ0n) is 22.3. The van der Waals surface area contributed by atoms with Crippen molar-refractivity contribution in [2.75, 3.05) is 0 Å². The molecule has 4 heterocycles. The molecular weight excluding hydrogens is 520 g/mol. The Bertz CT molecular complexity index is 2190. The first-order valence-corrected chi connectivity index (χ1v) is 13.6. The minimum atomic E-state index is 0.766. The van der Waals surface area contributed by atoms with E-state index in [4.69, 9.17) is 18.8 Å². The number of nitrogens with zero attached hydrogens (tertiary/aromatic N) is 4. The number of fused-ring (bicyclic) bond motifs is 2. The predicted octanol–water partition coefficient (Wildman–Crippen LogP) is 9.09. The van der Waals surface area contributed by atoms with Crippen LogP contribution in [0.15, 0.2) is 144 Å². The summed E-state index contributed by atoms with van der Waals surface area (Å²) in [6, 6.07) is 33.6. The highest BCUT2D eigenvalue weighted by Crippen LogP contribution is 2.44. The molecule has 0 aliphatic rings. The fourth-order valence-electron chi connectivity index (χ4n) is 5.70. The molecule has 0 spiro atoms. The van der Waals surface area contributed by atoms with E-state index < -0.39 is 0 Å². The Balaban J connectivity index is 1.47. The molecule has 0 atom stereocenters. The maximum Gasteiger partial charge on any atom is 0.181 e. The molecular formula is C36H22N4O2. The second-order valence-corrected chi connectivity index (χ2v) is 10.0. The lowest BCUT2D eigenvalue weighted by Crippen LogP contribution is -1.95. The van der Waals surface area contributed by atoms with Crippen molar-refractivity contribution < 1.29 is 8.83 Å². The third-order valence-electron chi connectivity index (χ3n) is 7.62. The van der Waals surface area contributed by atoms with E-state index in [1.807, 2.05) is 30.6 Å². The minimum absolute atomic E-state index is 0.766. The van der Waals surface area contributed by atoms with Gasteiger partial charge in [-0.2, -0.15) is 0 Å². The molecule has 6 heteroatoms. The van der Waals surface area contributed by atoms with Crippen molar-refractivity contribution >= 4 is 21.5 Å². The first-order chi connectivity index (χ1) is 20.8. The topological polar surface area (TPSA) is 77.8 Å². The zero-order chi connectivity index (χ0) is 27.9. The van der Waals surface area contributed by atoms with Crippen molar-refractivity contribution in [1.82, 2.24) is 19.9 Å². The van der Waals surface area contributed by atoms with Gasteiger partial charge in [0.25, 0.3) is 0 Å². The fraction of sp³-hybridized carbons (Fsp3) is 0. The van der Waals surface area contributed by atoms with Crippen LogP contribution in [0.5, 0.6) is 0 Å². The molecule has 198 valence electrons. The Morgan fingerprint density at radius 2 is 0.929 bits per heavy atom. The van der Waals surface area contributed by atoms with Crippen LogP contribution in [0.25, 0.3) is 77.7 Å². The fourth-order valence-corrected chi connectivity index (χ4v) is 5.70. The largest absolute Gasteiger partial charge is 0.451 e. The maximum atomic E-state index is 5.27. The normalized spacial score (nSPS) is 11.3. The number of oxazole rings is 2. The van der Waals surface area contributed by atoms with Gasteiger partial charge in [0.1, 0.15) is 23.9 Å². The molecule has 0 bridgehead atoms. The third kappa shape index (κ3) is 4.05. The highest BCUT2D eigenvalue weighted by atomic mass is 16.3. The van der Waals surface area contributed by atoms with E-state index in [9.17, 15) is 0 Å². The summed E-state index contributed by atoms with van der Waals surface area (Å²) in [5.74, 6) is 0. The summed E-state index contributed by atoms with van der Waals surface area (Å²) in [5, 5.41) is 4.35. The van der Waals surface area contributed by atoms with E-state index in [2.05, 4.69) is 88.8 Å². The quantitative estimate of drug-likeness (QED) is 0.202. The van der Waals surface area contributed by atoms with Crippen molar-refractivity contribution in [1.29, 1.82) is 0 Å². The molecule has 4 aromatic carbocycles. The lowest BCUT2D eigenvalue weighted by molar-refractivity contribution is 0.558. The molecule has 8 aromatic rings. The Labute approximate surface area is 241 Å². The van der Waals surface area contributed by atoms with Crippen LogP contribution in [0.1, 0.15) is 0 Å². The number of hydrogen-bond acceptors (Lipinski definition) is 6. The summed E-state index contributed by atoms with van der Waals surface area (Å²) in [6.45, 7) is 0. The molecule has 42 heavy (non-hydrogen) atoms. The van der Waals surface area contributed by atoms with Crippen LogP contribution in [0.4, 0.5) is 0 Å². The predicted molar refractivity (Wildman–Crippen MR) is 164 cm³/mol. The van der Waals surface area contributed by atoms with Crippen LogP contribution < -0.4 is 0 Å². The van der Waals surface area contributed by atoms with Crippen molar-refractivity contribution in [2.45, 2.75) is 0 Å². The molecule has 0 amide bonds. The van der Waals surface area contributed by atoms with E-state index in [0.717, 1.165) is 77.7 Å². The van der Waals surface area contributed by atoms with Gasteiger partial charge in [-0.3, -0.25) is 9.97 Å². The molecule has 0 saturated heterocycles. The van der Waals surface area contributed by atoms with Crippen molar-refractivity contribution in [3.63, 3.8) is 0 Å². The van der Waals surface area contributed by atoms with Gasteiger partial charge in [-0.25, -0.2) is 9.97 Å². The molecule has 0 radical (unpaired) electrons. The maximum absolute atomic E-state index is 5.27. The average Bonchev–Trinajstić information content (AvgIpc) is 3.80. The molecule has 8 rings (SSSR count). The summed E-state index contributed by atoms with van der Waals surface area (Å²) >= 11 is 0. The van der Waals surface area contributed by atoms with Gasteiger partial charge in [0.2, 0.25) is 0 Å². The third-order valence-corrected chi connectivity index (χ3v) is 7.62. The second kappa shape index (κ2) is 9.94. The molecule has 0 fully saturated rings. The highest BCUT2D eigenvalue weighted by Gasteiger charge is 2.20. The Hall–Kier alpha value is -5.88. The first-order valence-electron chi connectivity index (χ1n) is 13.6. The van der Waals surface area contributed by atoms with Gasteiger partial charge in [0.15, 0.2) is 12.8 Å². The van der Waals surface area contributed by atoms with E-state index in [1.54, 1.807) is 12.5 Å². The van der Waals surface area contributed by atoms with Crippen LogP contribution in [0.3, 0.4) is 0 Å². The smallest absolute Gasteiger partial charge is 0.181 e. The second-order valence-electron chi connectivity index (χ2n) is 10.0. The van der Waals surface area contributed by atoms with Gasteiger partial charge in [0.05, 0.1) is 11.4 Å². The Kier molecular flexibility index (Phi) is 5.67. The number of benzene rings is 4. The lowest BCUT2D eigenvalue weighted by atomic mass is 9.86. The van der Waals surface area contributed by atoms with E-state index in [1.165, 1.54) is 12.8 Å². The van der Waals surface area contributed by atoms with E-state index in [0.29, 0.717) is 0 Å². The molecule has 6 nitrogen and oxygen atoms in total. The molecule has 4 aromatic heterocycles. The average molecular weight is 543 g/mol. The van der Waals surface area contributed by atoms with Crippen LogP contribution in [-0.2, 0) is 0 Å². The lowest BCUT2D eigenvalue weighted by Gasteiger charge is -2.18. The van der Waals surface area contributed by atoms with Crippen molar-refractivity contribution in [3.05, 3.63) is 135 Å². The van der Waals surface area contributed by atoms with E-state index >= 15 is 0 Å². The Morgan fingerprint density at radius 1 is 0.381 bits per heavy atom. The van der Waals surface area contributed by atoms with Crippen LogP contribution in [0.2, 0.25) is 0 Å². The summed E-state index contributed by atoms with van der Waals surface area (Å²) in [6.07, 6.45) is 9.85. The van der Waals surface area contributed by atoms with Gasteiger partial charge in [0, 0.05) is 34.6 Å². The van der Waals surface area contributed by atoms with Crippen LogP contribution in [-0.4, -0.2) is 19.9 Å². The highest BCUT2D eigenvalue weighted by molar-refractivity contribution is 6.21. The molecule has 0 unspecified atom stereocenters. The van der Waals surface area contributed by atoms with E-state index in [-0.39, 0.29) is 0 Å². The minimum Gasteiger partial charge on any atom is -0.451 e. The first kappa shape index (κ1) is 24.0.